The van der Waals surface area contributed by atoms with Crippen LogP contribution in [0.4, 0.5) is 0 Å². The molecular formula is C13H21N3O2. The van der Waals surface area contributed by atoms with Crippen LogP contribution in [0.1, 0.15) is 41.0 Å². The number of aliphatic hydroxyl groups is 1. The molecule has 5 heteroatoms. The molecule has 1 aliphatic rings. The molecule has 0 aromatic carbocycles. The van der Waals surface area contributed by atoms with Crippen LogP contribution in [0.5, 0.6) is 0 Å². The normalized spacial score (nSPS) is 23.3. The maximum Gasteiger partial charge on any atom is 0.255 e. The third-order valence-corrected chi connectivity index (χ3v) is 3.88. The maximum absolute atomic E-state index is 12.1. The van der Waals surface area contributed by atoms with Crippen LogP contribution < -0.4 is 5.32 Å². The van der Waals surface area contributed by atoms with Crippen LogP contribution in [0.2, 0.25) is 0 Å². The molecule has 18 heavy (non-hydrogen) atoms. The van der Waals surface area contributed by atoms with Gasteiger partial charge in [-0.15, -0.1) is 0 Å². The van der Waals surface area contributed by atoms with Crippen molar-refractivity contribution in [2.24, 2.45) is 13.0 Å². The van der Waals surface area contributed by atoms with Gasteiger partial charge in [0.25, 0.3) is 5.91 Å². The lowest BCUT2D eigenvalue weighted by Crippen LogP contribution is -2.33. The average molecular weight is 251 g/mol. The summed E-state index contributed by atoms with van der Waals surface area (Å²) in [7, 11) is 1.83. The lowest BCUT2D eigenvalue weighted by Gasteiger charge is -2.15. The number of aromatic nitrogens is 2. The van der Waals surface area contributed by atoms with Gasteiger partial charge in [-0.2, -0.15) is 5.10 Å². The first-order valence-corrected chi connectivity index (χ1v) is 6.47. The van der Waals surface area contributed by atoms with E-state index >= 15 is 0 Å². The highest BCUT2D eigenvalue weighted by Gasteiger charge is 2.26. The Kier molecular flexibility index (Phi) is 3.71. The molecule has 2 N–H and O–H groups in total. The molecule has 1 aromatic heterocycles. The zero-order valence-electron chi connectivity index (χ0n) is 11.2. The summed E-state index contributed by atoms with van der Waals surface area (Å²) < 4.78 is 1.72. The van der Waals surface area contributed by atoms with E-state index in [9.17, 15) is 9.90 Å². The molecule has 0 saturated heterocycles. The molecule has 5 nitrogen and oxygen atoms in total. The molecular weight excluding hydrogens is 230 g/mol. The third kappa shape index (κ3) is 2.41. The van der Waals surface area contributed by atoms with E-state index in [1.807, 2.05) is 20.9 Å². The Morgan fingerprint density at radius 3 is 2.72 bits per heavy atom. The summed E-state index contributed by atoms with van der Waals surface area (Å²) in [4.78, 5) is 12.1. The van der Waals surface area contributed by atoms with Gasteiger partial charge in [-0.1, -0.05) is 6.42 Å². The van der Waals surface area contributed by atoms with Gasteiger partial charge in [0.2, 0.25) is 0 Å². The number of amides is 1. The Morgan fingerprint density at radius 2 is 2.22 bits per heavy atom. The van der Waals surface area contributed by atoms with Crippen molar-refractivity contribution in [1.82, 2.24) is 15.1 Å². The molecule has 100 valence electrons. The fourth-order valence-electron chi connectivity index (χ4n) is 2.67. The lowest BCUT2D eigenvalue weighted by atomic mass is 10.1. The minimum atomic E-state index is -0.263. The molecule has 1 heterocycles. The summed E-state index contributed by atoms with van der Waals surface area (Å²) in [5.74, 6) is 0.114. The molecule has 1 aliphatic carbocycles. The maximum atomic E-state index is 12.1. The van der Waals surface area contributed by atoms with Gasteiger partial charge in [0, 0.05) is 25.2 Å². The number of nitrogens with zero attached hydrogens (tertiary/aromatic N) is 2. The van der Waals surface area contributed by atoms with E-state index in [-0.39, 0.29) is 17.9 Å². The highest BCUT2D eigenvalue weighted by atomic mass is 16.3. The van der Waals surface area contributed by atoms with Gasteiger partial charge in [-0.05, 0) is 26.7 Å². The standard InChI is InChI=1S/C13H21N3O2/c1-8-12(9(2)16(3)15-8)13(18)14-7-10-5-4-6-11(10)17/h10-11,17H,4-7H2,1-3H3,(H,14,18). The van der Waals surface area contributed by atoms with Crippen molar-refractivity contribution in [3.8, 4) is 0 Å². The van der Waals surface area contributed by atoms with Crippen molar-refractivity contribution in [3.63, 3.8) is 0 Å². The SMILES string of the molecule is Cc1nn(C)c(C)c1C(=O)NCC1CCCC1O. The van der Waals surface area contributed by atoms with Crippen molar-refractivity contribution in [3.05, 3.63) is 17.0 Å². The number of aliphatic hydroxyl groups excluding tert-OH is 1. The zero-order chi connectivity index (χ0) is 13.3. The van der Waals surface area contributed by atoms with Crippen LogP contribution in [0.3, 0.4) is 0 Å². The zero-order valence-corrected chi connectivity index (χ0v) is 11.2. The van der Waals surface area contributed by atoms with E-state index in [2.05, 4.69) is 10.4 Å². The van der Waals surface area contributed by atoms with E-state index in [0.29, 0.717) is 12.1 Å². The molecule has 1 aromatic rings. The van der Waals surface area contributed by atoms with Crippen molar-refractivity contribution in [2.45, 2.75) is 39.2 Å². The number of nitrogens with one attached hydrogen (secondary N) is 1. The highest BCUT2D eigenvalue weighted by molar-refractivity contribution is 5.96. The third-order valence-electron chi connectivity index (χ3n) is 3.88. The fourth-order valence-corrected chi connectivity index (χ4v) is 2.67. The van der Waals surface area contributed by atoms with Gasteiger partial charge in [-0.3, -0.25) is 9.48 Å². The number of rotatable bonds is 3. The highest BCUT2D eigenvalue weighted by Crippen LogP contribution is 2.24. The summed E-state index contributed by atoms with van der Waals surface area (Å²) in [6.45, 7) is 4.28. The van der Waals surface area contributed by atoms with Crippen LogP contribution in [0.25, 0.3) is 0 Å². The van der Waals surface area contributed by atoms with Crippen molar-refractivity contribution in [2.75, 3.05) is 6.54 Å². The summed E-state index contributed by atoms with van der Waals surface area (Å²) >= 11 is 0. The molecule has 2 rings (SSSR count). The van der Waals surface area contributed by atoms with Crippen LogP contribution in [0, 0.1) is 19.8 Å². The van der Waals surface area contributed by atoms with E-state index in [4.69, 9.17) is 0 Å². The van der Waals surface area contributed by atoms with Crippen LogP contribution in [0.15, 0.2) is 0 Å². The van der Waals surface area contributed by atoms with Gasteiger partial charge in [-0.25, -0.2) is 0 Å². The first kappa shape index (κ1) is 13.1. The largest absolute Gasteiger partial charge is 0.393 e. The van der Waals surface area contributed by atoms with Gasteiger partial charge in [0.1, 0.15) is 0 Å². The Hall–Kier alpha value is -1.36. The predicted molar refractivity (Wildman–Crippen MR) is 68.4 cm³/mol. The molecule has 0 spiro atoms. The first-order valence-electron chi connectivity index (χ1n) is 6.47. The number of hydrogen-bond acceptors (Lipinski definition) is 3. The van der Waals surface area contributed by atoms with Gasteiger partial charge in [0.05, 0.1) is 17.4 Å². The Morgan fingerprint density at radius 1 is 1.50 bits per heavy atom. The second kappa shape index (κ2) is 5.10. The molecule has 0 radical (unpaired) electrons. The summed E-state index contributed by atoms with van der Waals surface area (Å²) in [6, 6.07) is 0. The van der Waals surface area contributed by atoms with Crippen molar-refractivity contribution in [1.29, 1.82) is 0 Å². The second-order valence-corrected chi connectivity index (χ2v) is 5.14. The number of carbonyl (C=O) groups is 1. The van der Waals surface area contributed by atoms with Gasteiger partial charge >= 0.3 is 0 Å². The van der Waals surface area contributed by atoms with Crippen LogP contribution in [-0.2, 0) is 7.05 Å². The molecule has 0 bridgehead atoms. The van der Waals surface area contributed by atoms with E-state index in [1.165, 1.54) is 0 Å². The number of hydrogen-bond donors (Lipinski definition) is 2. The minimum Gasteiger partial charge on any atom is -0.393 e. The predicted octanol–water partition coefficient (Wildman–Crippen LogP) is 0.928. The van der Waals surface area contributed by atoms with E-state index < -0.39 is 0 Å². The molecule has 1 amide bonds. The molecule has 1 saturated carbocycles. The number of carbonyl (C=O) groups excluding carboxylic acids is 1. The quantitative estimate of drug-likeness (QED) is 0.839. The second-order valence-electron chi connectivity index (χ2n) is 5.14. The molecule has 2 unspecified atom stereocenters. The van der Waals surface area contributed by atoms with Crippen molar-refractivity contribution >= 4 is 5.91 Å². The first-order chi connectivity index (χ1) is 8.50. The summed E-state index contributed by atoms with van der Waals surface area (Å²) in [5.41, 5.74) is 2.28. The average Bonchev–Trinajstić information content (AvgIpc) is 2.81. The monoisotopic (exact) mass is 251 g/mol. The Labute approximate surface area is 107 Å². The van der Waals surface area contributed by atoms with Crippen LogP contribution in [-0.4, -0.2) is 33.4 Å². The summed E-state index contributed by atoms with van der Waals surface area (Å²) in [5, 5.41) is 16.9. The number of aryl methyl sites for hydroxylation is 2. The Bertz CT molecular complexity index is 453. The Balaban J connectivity index is 1.99. The van der Waals surface area contributed by atoms with Gasteiger partial charge < -0.3 is 10.4 Å². The van der Waals surface area contributed by atoms with Crippen LogP contribution >= 0.6 is 0 Å². The fraction of sp³-hybridized carbons (Fsp3) is 0.692. The topological polar surface area (TPSA) is 67.2 Å². The molecule has 2 atom stereocenters. The summed E-state index contributed by atoms with van der Waals surface area (Å²) in [6.07, 6.45) is 2.63. The van der Waals surface area contributed by atoms with E-state index in [1.54, 1.807) is 4.68 Å². The van der Waals surface area contributed by atoms with E-state index in [0.717, 1.165) is 30.7 Å². The molecule has 0 aliphatic heterocycles. The lowest BCUT2D eigenvalue weighted by molar-refractivity contribution is 0.0915. The van der Waals surface area contributed by atoms with Crippen molar-refractivity contribution < 1.29 is 9.90 Å². The smallest absolute Gasteiger partial charge is 0.255 e. The van der Waals surface area contributed by atoms with Gasteiger partial charge in [0.15, 0.2) is 0 Å². The molecule has 1 fully saturated rings. The minimum absolute atomic E-state index is 0.0859.